The first-order chi connectivity index (χ1) is 19.4. The quantitative estimate of drug-likeness (QED) is 0.0865. The van der Waals surface area contributed by atoms with Gasteiger partial charge < -0.3 is 30.8 Å². The summed E-state index contributed by atoms with van der Waals surface area (Å²) in [7, 11) is 2.14. The van der Waals surface area contributed by atoms with Gasteiger partial charge in [0.25, 0.3) is 5.91 Å². The first kappa shape index (κ1) is 31.2. The summed E-state index contributed by atoms with van der Waals surface area (Å²) in [5.74, 6) is -0.740. The number of ether oxygens (including phenoxy) is 1. The number of amidine groups is 1. The topological polar surface area (TPSA) is 120 Å². The lowest BCUT2D eigenvalue weighted by Crippen LogP contribution is -2.28. The number of likely N-dealkylation sites (N-methyl/N-ethyl adjacent to an activating group) is 1. The molecule has 41 heavy (non-hydrogen) atoms. The molecule has 0 bridgehead atoms. The van der Waals surface area contributed by atoms with Crippen molar-refractivity contribution >= 4 is 53.6 Å². The van der Waals surface area contributed by atoms with Crippen molar-refractivity contribution in [3.8, 4) is 0 Å². The van der Waals surface area contributed by atoms with Crippen molar-refractivity contribution in [1.82, 2.24) is 4.90 Å². The van der Waals surface area contributed by atoms with E-state index >= 15 is 0 Å². The third kappa shape index (κ3) is 8.33. The second-order valence-electron chi connectivity index (χ2n) is 9.61. The number of rotatable bonds is 8. The predicted molar refractivity (Wildman–Crippen MR) is 166 cm³/mol. The molecular weight excluding hydrogens is 542 g/mol. The Balaban J connectivity index is 0.00000462. The number of benzene rings is 3. The Morgan fingerprint density at radius 3 is 2.46 bits per heavy atom. The van der Waals surface area contributed by atoms with E-state index in [-0.39, 0.29) is 30.8 Å². The predicted octanol–water partition coefficient (Wildman–Crippen LogP) is 4.94. The van der Waals surface area contributed by atoms with Gasteiger partial charge in [0.1, 0.15) is 0 Å². The van der Waals surface area contributed by atoms with E-state index in [1.54, 1.807) is 43.3 Å². The molecule has 0 saturated carbocycles. The Kier molecular flexibility index (Phi) is 11.3. The molecule has 0 aromatic heterocycles. The summed E-state index contributed by atoms with van der Waals surface area (Å²) in [4.78, 5) is 30.3. The first-order valence-corrected chi connectivity index (χ1v) is 13.3. The van der Waals surface area contributed by atoms with Crippen molar-refractivity contribution < 1.29 is 19.5 Å². The Bertz CT molecular complexity index is 1410. The molecule has 0 radical (unpaired) electrons. The summed E-state index contributed by atoms with van der Waals surface area (Å²) in [5, 5.41) is 15.0. The van der Waals surface area contributed by atoms with Crippen molar-refractivity contribution in [2.24, 2.45) is 10.9 Å². The largest absolute Gasteiger partial charge is 0.462 e. The molecule has 1 aliphatic heterocycles. The van der Waals surface area contributed by atoms with Crippen molar-refractivity contribution in [3.05, 3.63) is 94.5 Å². The zero-order chi connectivity index (χ0) is 28.5. The second-order valence-corrected chi connectivity index (χ2v) is 9.61. The van der Waals surface area contributed by atoms with Gasteiger partial charge in [-0.25, -0.2) is 4.79 Å². The molecule has 3 aromatic rings. The molecule has 0 atom stereocenters. The number of hydrogen-bond acceptors (Lipinski definition) is 7. The Morgan fingerprint density at radius 2 is 1.73 bits per heavy atom. The standard InChI is InChI=1S/C31H35N5O4.ClH/c1-3-40-31(38)26-11-10-23(9-8-22-6-4-7-25(20-22)29(32)34-39)28(21-26)33-30(37)24-12-14-27(15-13-24)36-17-5-16-35(2)18-19-36;/h4,6-15,20-21,39H,3,5,16-19H2,1-2H3,(H2,32,34)(H,33,37);1H/b9-8+;. The van der Waals surface area contributed by atoms with E-state index in [1.807, 2.05) is 42.5 Å². The SMILES string of the molecule is CCOC(=O)c1ccc(/C=C/c2cccc(C(N)=NO)c2)c(NC(=O)c2ccc(N3CCCN(C)CC3)cc2)c1.Cl. The van der Waals surface area contributed by atoms with E-state index in [1.165, 1.54) is 0 Å². The molecule has 1 fully saturated rings. The number of carbonyl (C=O) groups is 2. The third-order valence-corrected chi connectivity index (χ3v) is 6.77. The zero-order valence-corrected chi connectivity index (χ0v) is 24.1. The van der Waals surface area contributed by atoms with Crippen LogP contribution in [-0.2, 0) is 4.74 Å². The van der Waals surface area contributed by atoms with Gasteiger partial charge in [-0.2, -0.15) is 0 Å². The smallest absolute Gasteiger partial charge is 0.338 e. The van der Waals surface area contributed by atoms with E-state index in [2.05, 4.69) is 27.3 Å². The molecule has 0 unspecified atom stereocenters. The number of nitrogens with one attached hydrogen (secondary N) is 1. The van der Waals surface area contributed by atoms with Crippen LogP contribution in [0.25, 0.3) is 12.2 Å². The normalized spacial score (nSPS) is 14.3. The van der Waals surface area contributed by atoms with Crippen molar-refractivity contribution in [3.63, 3.8) is 0 Å². The summed E-state index contributed by atoms with van der Waals surface area (Å²) in [5.41, 5.74) is 10.2. The highest BCUT2D eigenvalue weighted by atomic mass is 35.5. The molecule has 1 aliphatic rings. The van der Waals surface area contributed by atoms with Gasteiger partial charge in [-0.05, 0) is 80.5 Å². The summed E-state index contributed by atoms with van der Waals surface area (Å²) in [6, 6.07) is 19.8. The average molecular weight is 578 g/mol. The van der Waals surface area contributed by atoms with E-state index in [0.717, 1.165) is 43.9 Å². The number of nitrogens with zero attached hydrogens (tertiary/aromatic N) is 3. The van der Waals surface area contributed by atoms with Crippen molar-refractivity contribution in [1.29, 1.82) is 0 Å². The van der Waals surface area contributed by atoms with Gasteiger partial charge in [0, 0.05) is 42.1 Å². The number of halogens is 1. The van der Waals surface area contributed by atoms with Crippen LogP contribution in [0.15, 0.2) is 71.9 Å². The number of esters is 1. The van der Waals surface area contributed by atoms with Gasteiger partial charge in [-0.1, -0.05) is 41.6 Å². The van der Waals surface area contributed by atoms with Gasteiger partial charge in [0.05, 0.1) is 12.2 Å². The summed E-state index contributed by atoms with van der Waals surface area (Å²) < 4.78 is 5.15. The fraction of sp³-hybridized carbons (Fsp3) is 0.258. The fourth-order valence-corrected chi connectivity index (χ4v) is 4.52. The highest BCUT2D eigenvalue weighted by molar-refractivity contribution is 6.06. The van der Waals surface area contributed by atoms with Crippen molar-refractivity contribution in [2.75, 3.05) is 50.1 Å². The fourth-order valence-electron chi connectivity index (χ4n) is 4.52. The minimum absolute atomic E-state index is 0. The third-order valence-electron chi connectivity index (χ3n) is 6.77. The number of anilines is 2. The Morgan fingerprint density at radius 1 is 0.976 bits per heavy atom. The molecular formula is C31H36ClN5O4. The molecule has 1 heterocycles. The first-order valence-electron chi connectivity index (χ1n) is 13.3. The van der Waals surface area contributed by atoms with Gasteiger partial charge in [0.2, 0.25) is 0 Å². The monoisotopic (exact) mass is 577 g/mol. The number of nitrogens with two attached hydrogens (primary N) is 1. The molecule has 1 amide bonds. The highest BCUT2D eigenvalue weighted by Gasteiger charge is 2.15. The van der Waals surface area contributed by atoms with Gasteiger partial charge >= 0.3 is 5.97 Å². The number of hydrogen-bond donors (Lipinski definition) is 3. The number of carbonyl (C=O) groups excluding carboxylic acids is 2. The summed E-state index contributed by atoms with van der Waals surface area (Å²) in [6.45, 7) is 6.00. The van der Waals surface area contributed by atoms with Crippen LogP contribution in [0.5, 0.6) is 0 Å². The molecule has 4 N–H and O–H groups in total. The molecule has 4 rings (SSSR count). The van der Waals surface area contributed by atoms with Crippen LogP contribution < -0.4 is 16.0 Å². The van der Waals surface area contributed by atoms with E-state index in [4.69, 9.17) is 15.7 Å². The van der Waals surface area contributed by atoms with Gasteiger partial charge in [-0.3, -0.25) is 4.79 Å². The Hall–Kier alpha value is -4.34. The number of amides is 1. The summed E-state index contributed by atoms with van der Waals surface area (Å²) in [6.07, 6.45) is 4.77. The van der Waals surface area contributed by atoms with E-state index in [0.29, 0.717) is 27.9 Å². The minimum atomic E-state index is -0.465. The lowest BCUT2D eigenvalue weighted by atomic mass is 10.0. The lowest BCUT2D eigenvalue weighted by Gasteiger charge is -2.23. The van der Waals surface area contributed by atoms with Crippen LogP contribution in [-0.4, -0.2) is 67.7 Å². The van der Waals surface area contributed by atoms with Crippen LogP contribution >= 0.6 is 12.4 Å². The van der Waals surface area contributed by atoms with Crippen molar-refractivity contribution in [2.45, 2.75) is 13.3 Å². The molecule has 0 spiro atoms. The van der Waals surface area contributed by atoms with Gasteiger partial charge in [-0.15, -0.1) is 12.4 Å². The van der Waals surface area contributed by atoms with Crippen LogP contribution in [0.3, 0.4) is 0 Å². The number of oxime groups is 1. The van der Waals surface area contributed by atoms with Crippen LogP contribution in [0.1, 0.15) is 50.8 Å². The highest BCUT2D eigenvalue weighted by Crippen LogP contribution is 2.24. The molecule has 9 nitrogen and oxygen atoms in total. The molecule has 216 valence electrons. The van der Waals surface area contributed by atoms with Gasteiger partial charge in [0.15, 0.2) is 5.84 Å². The minimum Gasteiger partial charge on any atom is -0.462 e. The molecule has 10 heteroatoms. The van der Waals surface area contributed by atoms with E-state index in [9.17, 15) is 9.59 Å². The zero-order valence-electron chi connectivity index (χ0n) is 23.2. The molecule has 0 aliphatic carbocycles. The lowest BCUT2D eigenvalue weighted by molar-refractivity contribution is 0.0526. The maximum Gasteiger partial charge on any atom is 0.338 e. The second kappa shape index (κ2) is 14.9. The van der Waals surface area contributed by atoms with Crippen LogP contribution in [0, 0.1) is 0 Å². The molecule has 1 saturated heterocycles. The maximum absolute atomic E-state index is 13.3. The summed E-state index contributed by atoms with van der Waals surface area (Å²) >= 11 is 0. The molecule has 3 aromatic carbocycles. The average Bonchev–Trinajstić information content (AvgIpc) is 3.20. The van der Waals surface area contributed by atoms with Crippen LogP contribution in [0.4, 0.5) is 11.4 Å². The van der Waals surface area contributed by atoms with E-state index < -0.39 is 5.97 Å². The van der Waals surface area contributed by atoms with Crippen LogP contribution in [0.2, 0.25) is 0 Å². The Labute approximate surface area is 246 Å². The maximum atomic E-state index is 13.3.